The number of carboxylic acids is 1. The lowest BCUT2D eigenvalue weighted by Gasteiger charge is -2.19. The van der Waals surface area contributed by atoms with Crippen molar-refractivity contribution in [1.82, 2.24) is 0 Å². The van der Waals surface area contributed by atoms with E-state index in [4.69, 9.17) is 5.11 Å². The van der Waals surface area contributed by atoms with Gasteiger partial charge in [0.1, 0.15) is 0 Å². The second-order valence-corrected chi connectivity index (χ2v) is 4.72. The molecule has 0 aliphatic carbocycles. The fourth-order valence-electron chi connectivity index (χ4n) is 1.81. The van der Waals surface area contributed by atoms with Crippen LogP contribution in [0.1, 0.15) is 45.1 Å². The zero-order valence-corrected chi connectivity index (χ0v) is 10.7. The minimum absolute atomic E-state index is 0.172. The van der Waals surface area contributed by atoms with E-state index in [1.165, 1.54) is 5.56 Å². The number of carboxylic acid groups (broad SMARTS) is 1. The fraction of sp³-hybridized carbons (Fsp3) is 0.500. The minimum Gasteiger partial charge on any atom is -0.481 e. The number of rotatable bonds is 6. The Bertz CT molecular complexity index is 374. The van der Waals surface area contributed by atoms with E-state index in [-0.39, 0.29) is 12.5 Å². The van der Waals surface area contributed by atoms with E-state index < -0.39 is 5.97 Å². The summed E-state index contributed by atoms with van der Waals surface area (Å²) in [6, 6.07) is 8.36. The van der Waals surface area contributed by atoms with Gasteiger partial charge in [0.2, 0.25) is 0 Å². The molecule has 1 aromatic rings. The van der Waals surface area contributed by atoms with Gasteiger partial charge in [0.15, 0.2) is 0 Å². The third-order valence-corrected chi connectivity index (χ3v) is 2.78. The van der Waals surface area contributed by atoms with Gasteiger partial charge in [-0.3, -0.25) is 4.79 Å². The van der Waals surface area contributed by atoms with E-state index >= 15 is 0 Å². The molecular formula is C14H21NO2. The van der Waals surface area contributed by atoms with Crippen LogP contribution >= 0.6 is 0 Å². The van der Waals surface area contributed by atoms with Crippen LogP contribution in [0.25, 0.3) is 0 Å². The number of anilines is 1. The standard InChI is InChI=1S/C14H21NO2/c1-10(2)12-6-4-5-7-13(12)15-11(3)8-9-14(16)17/h4-7,10-11,15H,8-9H2,1-3H3,(H,16,17). The smallest absolute Gasteiger partial charge is 0.303 e. The summed E-state index contributed by atoms with van der Waals surface area (Å²) in [6.07, 6.45) is 0.847. The molecule has 0 saturated heterocycles. The maximum atomic E-state index is 10.5. The van der Waals surface area contributed by atoms with Crippen molar-refractivity contribution in [2.24, 2.45) is 0 Å². The molecule has 0 aliphatic rings. The SMILES string of the molecule is CC(CCC(=O)O)Nc1ccccc1C(C)C. The summed E-state index contributed by atoms with van der Waals surface area (Å²) < 4.78 is 0. The Morgan fingerprint density at radius 3 is 2.53 bits per heavy atom. The van der Waals surface area contributed by atoms with Gasteiger partial charge in [0.25, 0.3) is 0 Å². The molecule has 3 nitrogen and oxygen atoms in total. The van der Waals surface area contributed by atoms with Crippen LogP contribution in [0.4, 0.5) is 5.69 Å². The monoisotopic (exact) mass is 235 g/mol. The van der Waals surface area contributed by atoms with E-state index in [0.29, 0.717) is 12.3 Å². The third kappa shape index (κ3) is 4.47. The number of aliphatic carboxylic acids is 1. The molecule has 0 amide bonds. The molecule has 1 unspecified atom stereocenters. The molecule has 17 heavy (non-hydrogen) atoms. The molecule has 1 rings (SSSR count). The molecule has 0 radical (unpaired) electrons. The summed E-state index contributed by atoms with van der Waals surface area (Å²) in [7, 11) is 0. The molecular weight excluding hydrogens is 214 g/mol. The molecule has 0 saturated carbocycles. The Balaban J connectivity index is 2.64. The summed E-state index contributed by atoms with van der Waals surface area (Å²) in [5, 5.41) is 12.0. The molecule has 1 aromatic carbocycles. The zero-order valence-electron chi connectivity index (χ0n) is 10.7. The van der Waals surface area contributed by atoms with Gasteiger partial charge in [-0.2, -0.15) is 0 Å². The highest BCUT2D eigenvalue weighted by atomic mass is 16.4. The van der Waals surface area contributed by atoms with E-state index in [0.717, 1.165) is 5.69 Å². The van der Waals surface area contributed by atoms with Crippen LogP contribution in [0.2, 0.25) is 0 Å². The summed E-state index contributed by atoms with van der Waals surface area (Å²) in [5.41, 5.74) is 2.38. The van der Waals surface area contributed by atoms with Crippen molar-refractivity contribution < 1.29 is 9.90 Å². The molecule has 0 aliphatic heterocycles. The molecule has 1 atom stereocenters. The van der Waals surface area contributed by atoms with Crippen LogP contribution in [-0.2, 0) is 4.79 Å². The summed E-state index contributed by atoms with van der Waals surface area (Å²) in [6.45, 7) is 6.32. The van der Waals surface area contributed by atoms with Crippen molar-refractivity contribution in [2.45, 2.75) is 45.6 Å². The van der Waals surface area contributed by atoms with Gasteiger partial charge in [0, 0.05) is 18.2 Å². The van der Waals surface area contributed by atoms with Crippen LogP contribution < -0.4 is 5.32 Å². The van der Waals surface area contributed by atoms with Crippen LogP contribution in [0.3, 0.4) is 0 Å². The lowest BCUT2D eigenvalue weighted by atomic mass is 10.0. The topological polar surface area (TPSA) is 49.3 Å². The maximum Gasteiger partial charge on any atom is 0.303 e. The lowest BCUT2D eigenvalue weighted by molar-refractivity contribution is -0.137. The molecule has 0 aromatic heterocycles. The second kappa shape index (κ2) is 6.28. The van der Waals surface area contributed by atoms with Gasteiger partial charge in [-0.1, -0.05) is 32.0 Å². The van der Waals surface area contributed by atoms with Crippen molar-refractivity contribution >= 4 is 11.7 Å². The average Bonchev–Trinajstić information content (AvgIpc) is 2.27. The normalized spacial score (nSPS) is 12.5. The highest BCUT2D eigenvalue weighted by Gasteiger charge is 2.09. The number of carbonyl (C=O) groups is 1. The Morgan fingerprint density at radius 2 is 1.94 bits per heavy atom. The van der Waals surface area contributed by atoms with Crippen molar-refractivity contribution in [3.05, 3.63) is 29.8 Å². The van der Waals surface area contributed by atoms with Crippen LogP contribution in [0, 0.1) is 0 Å². The van der Waals surface area contributed by atoms with E-state index in [9.17, 15) is 4.79 Å². The second-order valence-electron chi connectivity index (χ2n) is 4.72. The Hall–Kier alpha value is -1.51. The van der Waals surface area contributed by atoms with Gasteiger partial charge >= 0.3 is 5.97 Å². The first-order valence-electron chi connectivity index (χ1n) is 6.08. The quantitative estimate of drug-likeness (QED) is 0.793. The highest BCUT2D eigenvalue weighted by molar-refractivity contribution is 5.66. The molecule has 0 bridgehead atoms. The highest BCUT2D eigenvalue weighted by Crippen LogP contribution is 2.24. The van der Waals surface area contributed by atoms with Crippen molar-refractivity contribution in [3.8, 4) is 0 Å². The number of nitrogens with one attached hydrogen (secondary N) is 1. The lowest BCUT2D eigenvalue weighted by Crippen LogP contribution is -2.17. The van der Waals surface area contributed by atoms with Crippen molar-refractivity contribution in [2.75, 3.05) is 5.32 Å². The number of hydrogen-bond acceptors (Lipinski definition) is 2. The first kappa shape index (κ1) is 13.6. The molecule has 0 heterocycles. The summed E-state index contributed by atoms with van der Waals surface area (Å²) >= 11 is 0. The predicted molar refractivity (Wildman–Crippen MR) is 70.5 cm³/mol. The molecule has 94 valence electrons. The van der Waals surface area contributed by atoms with Gasteiger partial charge in [-0.15, -0.1) is 0 Å². The Labute approximate surface area is 103 Å². The van der Waals surface area contributed by atoms with Crippen LogP contribution in [0.5, 0.6) is 0 Å². The predicted octanol–water partition coefficient (Wildman–Crippen LogP) is 3.48. The van der Waals surface area contributed by atoms with Crippen LogP contribution in [0.15, 0.2) is 24.3 Å². The number of hydrogen-bond donors (Lipinski definition) is 2. The van der Waals surface area contributed by atoms with Crippen molar-refractivity contribution in [3.63, 3.8) is 0 Å². The Morgan fingerprint density at radius 1 is 1.29 bits per heavy atom. The minimum atomic E-state index is -0.740. The van der Waals surface area contributed by atoms with E-state index in [2.05, 4.69) is 25.2 Å². The van der Waals surface area contributed by atoms with Crippen LogP contribution in [-0.4, -0.2) is 17.1 Å². The first-order chi connectivity index (χ1) is 8.00. The zero-order chi connectivity index (χ0) is 12.8. The molecule has 3 heteroatoms. The average molecular weight is 235 g/mol. The Kier molecular flexibility index (Phi) is 5.01. The molecule has 2 N–H and O–H groups in total. The summed E-state index contributed by atoms with van der Waals surface area (Å²) in [4.78, 5) is 10.5. The largest absolute Gasteiger partial charge is 0.481 e. The first-order valence-corrected chi connectivity index (χ1v) is 6.08. The summed E-state index contributed by atoms with van der Waals surface area (Å²) in [5.74, 6) is -0.277. The van der Waals surface area contributed by atoms with Gasteiger partial charge in [-0.05, 0) is 30.9 Å². The maximum absolute atomic E-state index is 10.5. The number of para-hydroxylation sites is 1. The van der Waals surface area contributed by atoms with Gasteiger partial charge < -0.3 is 10.4 Å². The van der Waals surface area contributed by atoms with Gasteiger partial charge in [0.05, 0.1) is 0 Å². The van der Waals surface area contributed by atoms with Gasteiger partial charge in [-0.25, -0.2) is 0 Å². The van der Waals surface area contributed by atoms with Crippen molar-refractivity contribution in [1.29, 1.82) is 0 Å². The number of benzene rings is 1. The fourth-order valence-corrected chi connectivity index (χ4v) is 1.81. The third-order valence-electron chi connectivity index (χ3n) is 2.78. The molecule has 0 spiro atoms. The molecule has 0 fully saturated rings. The van der Waals surface area contributed by atoms with E-state index in [1.807, 2.05) is 25.1 Å². The van der Waals surface area contributed by atoms with E-state index in [1.54, 1.807) is 0 Å².